The summed E-state index contributed by atoms with van der Waals surface area (Å²) in [5.41, 5.74) is 0. The van der Waals surface area contributed by atoms with Gasteiger partial charge in [-0.2, -0.15) is 0 Å². The Morgan fingerprint density at radius 3 is 1.15 bits per heavy atom. The molecule has 0 saturated carbocycles. The number of likely N-dealkylation sites (N-methyl/N-ethyl adjacent to an activating group) is 2. The topological polar surface area (TPSA) is 180 Å². The zero-order chi connectivity index (χ0) is 16.6. The summed E-state index contributed by atoms with van der Waals surface area (Å²) in [6.45, 7) is 1.85. The number of hydrogen-bond acceptors (Lipinski definition) is 8. The molecular weight excluding hydrogens is 276 g/mol. The maximum atomic E-state index is 9.77. The third kappa shape index (κ3) is 19.0. The van der Waals surface area contributed by atoms with Crippen molar-refractivity contribution in [2.75, 3.05) is 40.4 Å². The summed E-state index contributed by atoms with van der Waals surface area (Å²) in [6.07, 6.45) is -4.53. The molecule has 0 aliphatic carbocycles. The number of carboxylic acids is 2. The van der Waals surface area contributed by atoms with E-state index in [4.69, 9.17) is 30.6 Å². The fraction of sp³-hybridized carbons (Fsp3) is 0.800. The van der Waals surface area contributed by atoms with Crippen LogP contribution in [-0.4, -0.2) is 95.2 Å². The molecule has 10 heteroatoms. The zero-order valence-corrected chi connectivity index (χ0v) is 11.5. The molecule has 0 saturated heterocycles. The molecule has 20 heavy (non-hydrogen) atoms. The minimum atomic E-state index is -2.27. The van der Waals surface area contributed by atoms with Crippen molar-refractivity contribution in [3.8, 4) is 0 Å². The van der Waals surface area contributed by atoms with E-state index in [0.29, 0.717) is 13.1 Å². The van der Waals surface area contributed by atoms with Crippen LogP contribution >= 0.6 is 0 Å². The van der Waals surface area contributed by atoms with Crippen molar-refractivity contribution in [3.63, 3.8) is 0 Å². The van der Waals surface area contributed by atoms with E-state index in [0.717, 1.165) is 0 Å². The number of carbonyl (C=O) groups is 2. The molecule has 2 atom stereocenters. The van der Waals surface area contributed by atoms with Crippen molar-refractivity contribution in [1.29, 1.82) is 0 Å². The van der Waals surface area contributed by atoms with Gasteiger partial charge in [-0.3, -0.25) is 0 Å². The summed E-state index contributed by atoms with van der Waals surface area (Å²) in [4.78, 5) is 19.5. The van der Waals surface area contributed by atoms with Crippen molar-refractivity contribution in [2.24, 2.45) is 0 Å². The summed E-state index contributed by atoms with van der Waals surface area (Å²) in [5, 5.41) is 54.1. The van der Waals surface area contributed by atoms with Gasteiger partial charge in [0, 0.05) is 13.1 Å². The normalized spacial score (nSPS) is 12.1. The van der Waals surface area contributed by atoms with Crippen molar-refractivity contribution in [1.82, 2.24) is 10.6 Å². The second-order valence-corrected chi connectivity index (χ2v) is 3.22. The lowest BCUT2D eigenvalue weighted by molar-refractivity contribution is -0.165. The van der Waals surface area contributed by atoms with Gasteiger partial charge in [0.05, 0.1) is 13.2 Å². The first-order valence-electron chi connectivity index (χ1n) is 5.62. The van der Waals surface area contributed by atoms with E-state index in [9.17, 15) is 9.59 Å². The minimum Gasteiger partial charge on any atom is -0.479 e. The minimum absolute atomic E-state index is 0.233. The van der Waals surface area contributed by atoms with Crippen LogP contribution in [0.25, 0.3) is 0 Å². The number of rotatable bonds is 7. The molecule has 122 valence electrons. The molecule has 0 aromatic carbocycles. The van der Waals surface area contributed by atoms with Crippen molar-refractivity contribution >= 4 is 11.9 Å². The van der Waals surface area contributed by atoms with Crippen LogP contribution in [0.15, 0.2) is 0 Å². The van der Waals surface area contributed by atoms with Crippen LogP contribution in [0.3, 0.4) is 0 Å². The van der Waals surface area contributed by atoms with Crippen LogP contribution < -0.4 is 10.6 Å². The number of aliphatic hydroxyl groups is 4. The van der Waals surface area contributed by atoms with Gasteiger partial charge in [-0.15, -0.1) is 0 Å². The van der Waals surface area contributed by atoms with Gasteiger partial charge in [0.25, 0.3) is 0 Å². The van der Waals surface area contributed by atoms with Gasteiger partial charge in [-0.1, -0.05) is 0 Å². The number of aliphatic hydroxyl groups excluding tert-OH is 4. The molecule has 8 N–H and O–H groups in total. The van der Waals surface area contributed by atoms with Gasteiger partial charge in [-0.25, -0.2) is 9.59 Å². The summed E-state index contributed by atoms with van der Waals surface area (Å²) < 4.78 is 0. The highest BCUT2D eigenvalue weighted by atomic mass is 16.4. The molecular formula is C10H24N2O8. The molecule has 0 aromatic rings. The SMILES string of the molecule is CNCCO.CNCCO.O=C(O)C(O)C(O)C(=O)O. The monoisotopic (exact) mass is 300 g/mol. The van der Waals surface area contributed by atoms with E-state index in [2.05, 4.69) is 10.6 Å². The molecule has 0 spiro atoms. The molecule has 0 amide bonds. The second-order valence-electron chi connectivity index (χ2n) is 3.22. The fourth-order valence-electron chi connectivity index (χ4n) is 0.494. The van der Waals surface area contributed by atoms with E-state index in [-0.39, 0.29) is 13.2 Å². The van der Waals surface area contributed by atoms with E-state index in [1.807, 2.05) is 0 Å². The largest absolute Gasteiger partial charge is 0.479 e. The number of aliphatic carboxylic acids is 2. The van der Waals surface area contributed by atoms with Crippen molar-refractivity contribution in [3.05, 3.63) is 0 Å². The molecule has 0 aliphatic heterocycles. The van der Waals surface area contributed by atoms with Crippen LogP contribution in [0, 0.1) is 0 Å². The maximum Gasteiger partial charge on any atom is 0.335 e. The van der Waals surface area contributed by atoms with Gasteiger partial charge in [0.15, 0.2) is 12.2 Å². The van der Waals surface area contributed by atoms with Gasteiger partial charge in [0.1, 0.15) is 0 Å². The van der Waals surface area contributed by atoms with Crippen LogP contribution in [0.4, 0.5) is 0 Å². The van der Waals surface area contributed by atoms with Gasteiger partial charge < -0.3 is 41.3 Å². The van der Waals surface area contributed by atoms with Gasteiger partial charge >= 0.3 is 11.9 Å². The zero-order valence-electron chi connectivity index (χ0n) is 11.5. The Kier molecular flexibility index (Phi) is 21.0. The first kappa shape index (κ1) is 23.8. The first-order valence-corrected chi connectivity index (χ1v) is 5.62. The standard InChI is InChI=1S/C4H6O6.2C3H9NO/c5-1(3(7)8)2(6)4(9)10;2*1-4-2-3-5/h1-2,5-6H,(H,7,8)(H,9,10);2*4-5H,2-3H2,1H3. The molecule has 0 rings (SSSR count). The quantitative estimate of drug-likeness (QED) is 0.233. The Bertz CT molecular complexity index is 211. The lowest BCUT2D eigenvalue weighted by atomic mass is 10.2. The average molecular weight is 300 g/mol. The Hall–Kier alpha value is -1.30. The third-order valence-corrected chi connectivity index (χ3v) is 1.53. The number of carboxylic acid groups (broad SMARTS) is 2. The number of nitrogens with one attached hydrogen (secondary N) is 2. The predicted octanol–water partition coefficient (Wildman–Crippen LogP) is -3.73. The molecule has 0 fully saturated rings. The van der Waals surface area contributed by atoms with Crippen LogP contribution in [0.5, 0.6) is 0 Å². The molecule has 0 bridgehead atoms. The van der Waals surface area contributed by atoms with Gasteiger partial charge in [0.2, 0.25) is 0 Å². The summed E-state index contributed by atoms with van der Waals surface area (Å²) in [7, 11) is 3.60. The van der Waals surface area contributed by atoms with Gasteiger partial charge in [-0.05, 0) is 14.1 Å². The number of hydrogen-bond donors (Lipinski definition) is 8. The second kappa shape index (κ2) is 17.7. The molecule has 0 heterocycles. The van der Waals surface area contributed by atoms with Crippen LogP contribution in [-0.2, 0) is 9.59 Å². The van der Waals surface area contributed by atoms with Crippen LogP contribution in [0.2, 0.25) is 0 Å². The fourth-order valence-corrected chi connectivity index (χ4v) is 0.494. The molecule has 0 radical (unpaired) electrons. The van der Waals surface area contributed by atoms with Crippen molar-refractivity contribution < 1.29 is 40.2 Å². The summed E-state index contributed by atoms with van der Waals surface area (Å²) in [6, 6.07) is 0. The Labute approximate surface area is 116 Å². The van der Waals surface area contributed by atoms with E-state index in [1.54, 1.807) is 14.1 Å². The summed E-state index contributed by atoms with van der Waals surface area (Å²) >= 11 is 0. The highest BCUT2D eigenvalue weighted by Crippen LogP contribution is 1.92. The highest BCUT2D eigenvalue weighted by molar-refractivity contribution is 5.83. The van der Waals surface area contributed by atoms with Crippen molar-refractivity contribution in [2.45, 2.75) is 12.2 Å². The highest BCUT2D eigenvalue weighted by Gasteiger charge is 2.29. The molecule has 2 unspecified atom stereocenters. The van der Waals surface area contributed by atoms with E-state index >= 15 is 0 Å². The Balaban J connectivity index is -0.000000244. The average Bonchev–Trinajstić information content (AvgIpc) is 2.40. The molecule has 0 aliphatic rings. The third-order valence-electron chi connectivity index (χ3n) is 1.53. The van der Waals surface area contributed by atoms with E-state index in [1.165, 1.54) is 0 Å². The molecule has 0 aromatic heterocycles. The lowest BCUT2D eigenvalue weighted by Crippen LogP contribution is -2.39. The first-order chi connectivity index (χ1) is 9.29. The van der Waals surface area contributed by atoms with Crippen LogP contribution in [0.1, 0.15) is 0 Å². The summed E-state index contributed by atoms with van der Waals surface area (Å²) in [5.74, 6) is -3.54. The Morgan fingerprint density at radius 1 is 0.850 bits per heavy atom. The maximum absolute atomic E-state index is 9.77. The molecule has 10 nitrogen and oxygen atoms in total. The lowest BCUT2D eigenvalue weighted by Gasteiger charge is -2.07. The Morgan fingerprint density at radius 2 is 1.10 bits per heavy atom. The predicted molar refractivity (Wildman–Crippen MR) is 69.3 cm³/mol. The smallest absolute Gasteiger partial charge is 0.335 e. The van der Waals surface area contributed by atoms with E-state index < -0.39 is 24.1 Å².